The van der Waals surface area contributed by atoms with Gasteiger partial charge in [0, 0.05) is 32.3 Å². The van der Waals surface area contributed by atoms with Gasteiger partial charge in [-0.2, -0.15) is 0 Å². The largest absolute Gasteiger partial charge is 0.497 e. The minimum Gasteiger partial charge on any atom is -0.497 e. The quantitative estimate of drug-likeness (QED) is 0.291. The maximum atomic E-state index is 14.4. The van der Waals surface area contributed by atoms with Gasteiger partial charge < -0.3 is 30.4 Å². The molecule has 15 heteroatoms. The molecule has 3 N–H and O–H groups in total. The Hall–Kier alpha value is -5.31. The van der Waals surface area contributed by atoms with Gasteiger partial charge in [-0.3, -0.25) is 14.5 Å². The van der Waals surface area contributed by atoms with Crippen LogP contribution >= 0.6 is 0 Å². The number of carbonyl (C=O) groups excluding carboxylic acids is 2. The first-order chi connectivity index (χ1) is 22.4. The normalized spacial score (nSPS) is 14.5. The van der Waals surface area contributed by atoms with Crippen molar-refractivity contribution in [1.29, 1.82) is 0 Å². The fourth-order valence-electron chi connectivity index (χ4n) is 5.45. The molecule has 2 heterocycles. The Balaban J connectivity index is 0.00000520. The topological polar surface area (TPSA) is 135 Å². The van der Waals surface area contributed by atoms with Crippen LogP contribution in [0.4, 0.5) is 29.3 Å². The molecule has 1 unspecified atom stereocenters. The highest BCUT2D eigenvalue weighted by Gasteiger charge is 2.33. The van der Waals surface area contributed by atoms with Crippen LogP contribution in [0.5, 0.6) is 11.5 Å². The number of urea groups is 1. The Bertz CT molecular complexity index is 1870. The van der Waals surface area contributed by atoms with Gasteiger partial charge in [0.2, 0.25) is 5.91 Å². The van der Waals surface area contributed by atoms with Gasteiger partial charge in [-0.25, -0.2) is 27.6 Å². The summed E-state index contributed by atoms with van der Waals surface area (Å²) in [6.45, 7) is 3.97. The highest BCUT2D eigenvalue weighted by atomic mass is 19.2. The molecule has 0 spiro atoms. The summed E-state index contributed by atoms with van der Waals surface area (Å²) in [6.07, 6.45) is 0. The van der Waals surface area contributed by atoms with Crippen molar-refractivity contribution in [3.63, 3.8) is 0 Å². The Labute approximate surface area is 269 Å². The third kappa shape index (κ3) is 6.65. The van der Waals surface area contributed by atoms with Crippen LogP contribution in [0.1, 0.15) is 27.1 Å². The van der Waals surface area contributed by atoms with Crippen LogP contribution in [0.2, 0.25) is 0 Å². The zero-order valence-electron chi connectivity index (χ0n) is 26.2. The molecule has 3 amide bonds. The lowest BCUT2D eigenvalue weighted by molar-refractivity contribution is -0.132. The first-order valence-electron chi connectivity index (χ1n) is 14.7. The number of benzene rings is 3. The van der Waals surface area contributed by atoms with Crippen molar-refractivity contribution < 1.29 is 33.7 Å². The minimum absolute atomic E-state index is 0. The van der Waals surface area contributed by atoms with Gasteiger partial charge >= 0.3 is 6.03 Å². The average molecular weight is 656 g/mol. The molecule has 1 saturated heterocycles. The Morgan fingerprint density at radius 2 is 1.62 bits per heavy atom. The summed E-state index contributed by atoms with van der Waals surface area (Å²) in [4.78, 5) is 48.2. The second kappa shape index (κ2) is 13.6. The van der Waals surface area contributed by atoms with E-state index in [2.05, 4.69) is 10.3 Å². The number of amides is 3. The van der Waals surface area contributed by atoms with Crippen molar-refractivity contribution in [3.8, 4) is 11.5 Å². The van der Waals surface area contributed by atoms with Crippen LogP contribution in [0.25, 0.3) is 10.9 Å². The zero-order valence-corrected chi connectivity index (χ0v) is 26.2. The average Bonchev–Trinajstić information content (AvgIpc) is 3.06. The summed E-state index contributed by atoms with van der Waals surface area (Å²) in [5, 5.41) is 4.18. The van der Waals surface area contributed by atoms with E-state index in [1.165, 1.54) is 48.1 Å². The van der Waals surface area contributed by atoms with E-state index < -0.39 is 41.1 Å². The number of hydrogen-bond donors (Lipinski definition) is 2. The summed E-state index contributed by atoms with van der Waals surface area (Å²) in [5.41, 5.74) is 5.49. The molecular formula is C32H36F3N7O5. The standard InChI is InChI=1S/C32H34F3N7O5.H2/c1-18(36)30(43)39-11-13-40(14-12-39)42-29(38-26-17-25(35)24(34)16-23(26)31(42)44)19(2)41(27-10-9-22(46-3)15-28(27)47-4)32(45)37-21-7-5-20(33)6-8-21;/h5-10,15-19H,11-14,36H2,1-4H3,(H,37,45);1H/t18-,19?;/m0./s1. The molecule has 4 aromatic rings. The molecule has 0 saturated carbocycles. The van der Waals surface area contributed by atoms with Crippen molar-refractivity contribution >= 4 is 34.2 Å². The smallest absolute Gasteiger partial charge is 0.327 e. The van der Waals surface area contributed by atoms with Crippen molar-refractivity contribution in [2.45, 2.75) is 25.9 Å². The molecule has 2 atom stereocenters. The third-order valence-corrected chi connectivity index (χ3v) is 7.88. The zero-order chi connectivity index (χ0) is 34.0. The van der Waals surface area contributed by atoms with Gasteiger partial charge in [0.05, 0.1) is 56.0 Å². The van der Waals surface area contributed by atoms with Crippen molar-refractivity contribution in [2.24, 2.45) is 5.73 Å². The predicted molar refractivity (Wildman–Crippen MR) is 172 cm³/mol. The number of ether oxygens (including phenoxy) is 2. The number of carbonyl (C=O) groups is 2. The highest BCUT2D eigenvalue weighted by Crippen LogP contribution is 2.37. The summed E-state index contributed by atoms with van der Waals surface area (Å²) < 4.78 is 54.6. The minimum atomic E-state index is -1.22. The van der Waals surface area contributed by atoms with E-state index in [0.29, 0.717) is 5.75 Å². The maximum Gasteiger partial charge on any atom is 0.327 e. The van der Waals surface area contributed by atoms with E-state index in [9.17, 15) is 27.6 Å². The number of halogens is 3. The van der Waals surface area contributed by atoms with E-state index in [1.54, 1.807) is 42.0 Å². The summed E-state index contributed by atoms with van der Waals surface area (Å²) >= 11 is 0. The van der Waals surface area contributed by atoms with Gasteiger partial charge in [0.15, 0.2) is 17.5 Å². The van der Waals surface area contributed by atoms with Crippen LogP contribution < -0.4 is 36.0 Å². The van der Waals surface area contributed by atoms with Gasteiger partial charge in [-0.1, -0.05) is 0 Å². The van der Waals surface area contributed by atoms with Crippen molar-refractivity contribution in [2.75, 3.05) is 55.6 Å². The molecule has 12 nitrogen and oxygen atoms in total. The number of rotatable bonds is 8. The second-order valence-corrected chi connectivity index (χ2v) is 11.0. The molecule has 0 radical (unpaired) electrons. The number of nitrogens with zero attached hydrogens (tertiary/aromatic N) is 5. The van der Waals surface area contributed by atoms with Crippen molar-refractivity contribution in [3.05, 3.63) is 88.2 Å². The van der Waals surface area contributed by atoms with E-state index in [-0.39, 0.29) is 67.4 Å². The number of methoxy groups -OCH3 is 2. The maximum absolute atomic E-state index is 14.4. The predicted octanol–water partition coefficient (Wildman–Crippen LogP) is 4.00. The fourth-order valence-corrected chi connectivity index (χ4v) is 5.45. The van der Waals surface area contributed by atoms with Gasteiger partial charge in [-0.05, 0) is 56.3 Å². The van der Waals surface area contributed by atoms with E-state index >= 15 is 0 Å². The molecule has 47 heavy (non-hydrogen) atoms. The fraction of sp³-hybridized carbons (Fsp3) is 0.312. The van der Waals surface area contributed by atoms with E-state index in [0.717, 1.165) is 12.1 Å². The molecule has 1 aliphatic rings. The Morgan fingerprint density at radius 1 is 0.957 bits per heavy atom. The molecule has 250 valence electrons. The number of piperazine rings is 1. The molecule has 0 aliphatic carbocycles. The third-order valence-electron chi connectivity index (χ3n) is 7.88. The molecule has 3 aromatic carbocycles. The second-order valence-electron chi connectivity index (χ2n) is 11.0. The van der Waals surface area contributed by atoms with Crippen molar-refractivity contribution in [1.82, 2.24) is 14.6 Å². The lowest BCUT2D eigenvalue weighted by Gasteiger charge is -2.39. The molecular weight excluding hydrogens is 619 g/mol. The molecule has 1 aliphatic heterocycles. The number of aromatic nitrogens is 2. The number of nitrogens with one attached hydrogen (secondary N) is 1. The highest BCUT2D eigenvalue weighted by molar-refractivity contribution is 6.03. The van der Waals surface area contributed by atoms with Gasteiger partial charge in [0.1, 0.15) is 17.3 Å². The van der Waals surface area contributed by atoms with E-state index in [4.69, 9.17) is 15.2 Å². The van der Waals surface area contributed by atoms with Crippen LogP contribution in [-0.2, 0) is 4.79 Å². The van der Waals surface area contributed by atoms with Gasteiger partial charge in [-0.15, -0.1) is 0 Å². The number of hydrogen-bond acceptors (Lipinski definition) is 8. The Kier molecular flexibility index (Phi) is 9.56. The van der Waals surface area contributed by atoms with Gasteiger partial charge in [0.25, 0.3) is 5.56 Å². The lowest BCUT2D eigenvalue weighted by Crippen LogP contribution is -2.58. The molecule has 0 bridgehead atoms. The Morgan fingerprint density at radius 3 is 2.23 bits per heavy atom. The number of nitrogens with two attached hydrogens (primary N) is 1. The van der Waals surface area contributed by atoms with Crippen LogP contribution in [0.15, 0.2) is 59.4 Å². The monoisotopic (exact) mass is 655 g/mol. The molecule has 1 aromatic heterocycles. The lowest BCUT2D eigenvalue weighted by atomic mass is 10.1. The molecule has 1 fully saturated rings. The number of fused-ring (bicyclic) bond motifs is 1. The first kappa shape index (κ1) is 33.1. The van der Waals surface area contributed by atoms with Crippen LogP contribution in [0, 0.1) is 17.5 Å². The summed E-state index contributed by atoms with van der Waals surface area (Å²) in [5.74, 6) is -2.50. The van der Waals surface area contributed by atoms with Crippen LogP contribution in [-0.4, -0.2) is 72.9 Å². The summed E-state index contributed by atoms with van der Waals surface area (Å²) in [6, 6.07) is 9.00. The SMILES string of the molecule is COc1ccc(N(C(=O)Nc2ccc(F)cc2)C(C)c2nc3cc(F)c(F)cc3c(=O)n2N2CCN(C(=O)[C@H](C)N)CC2)c(OC)c1.[HH]. The number of anilines is 2. The first-order valence-corrected chi connectivity index (χ1v) is 14.7. The van der Waals surface area contributed by atoms with E-state index in [1.807, 2.05) is 0 Å². The molecule has 5 rings (SSSR count). The summed E-state index contributed by atoms with van der Waals surface area (Å²) in [7, 11) is 2.88. The van der Waals surface area contributed by atoms with Crippen LogP contribution in [0.3, 0.4) is 0 Å².